The molecule has 4 rings (SSSR count). The quantitative estimate of drug-likeness (QED) is 0.525. The summed E-state index contributed by atoms with van der Waals surface area (Å²) in [6, 6.07) is 14.7. The van der Waals surface area contributed by atoms with E-state index in [1.807, 2.05) is 24.3 Å². The highest BCUT2D eigenvalue weighted by atomic mass is 16.5. The molecule has 2 aliphatic rings. The zero-order chi connectivity index (χ0) is 26.2. The summed E-state index contributed by atoms with van der Waals surface area (Å²) in [6.07, 6.45) is 8.06. The van der Waals surface area contributed by atoms with Crippen LogP contribution in [0.25, 0.3) is 0 Å². The van der Waals surface area contributed by atoms with E-state index in [1.54, 1.807) is 36.3 Å². The van der Waals surface area contributed by atoms with Crippen LogP contribution >= 0.6 is 0 Å². The largest absolute Gasteiger partial charge is 0.497 e. The van der Waals surface area contributed by atoms with Gasteiger partial charge in [0.15, 0.2) is 0 Å². The summed E-state index contributed by atoms with van der Waals surface area (Å²) in [5.74, 6) is 0.505. The molecule has 0 spiro atoms. The summed E-state index contributed by atoms with van der Waals surface area (Å²) in [4.78, 5) is 40.6. The van der Waals surface area contributed by atoms with E-state index in [0.717, 1.165) is 57.1 Å². The SMILES string of the molecule is CCCCc1ccc(C(=O)N2CCC[C@@H]2C(=O)NC2CCC(NC(=O)c3ccc(OC)cc3)CC2)cc1. The summed E-state index contributed by atoms with van der Waals surface area (Å²) in [7, 11) is 1.60. The molecule has 3 amide bonds. The smallest absolute Gasteiger partial charge is 0.254 e. The minimum absolute atomic E-state index is 0.0591. The summed E-state index contributed by atoms with van der Waals surface area (Å²) in [6.45, 7) is 2.78. The van der Waals surface area contributed by atoms with Gasteiger partial charge in [-0.2, -0.15) is 0 Å². The van der Waals surface area contributed by atoms with Crippen molar-refractivity contribution in [2.45, 2.75) is 82.8 Å². The fraction of sp³-hybridized carbons (Fsp3) is 0.500. The Morgan fingerprint density at radius 3 is 2.11 bits per heavy atom. The van der Waals surface area contributed by atoms with Gasteiger partial charge < -0.3 is 20.3 Å². The van der Waals surface area contributed by atoms with Crippen molar-refractivity contribution in [3.8, 4) is 5.75 Å². The summed E-state index contributed by atoms with van der Waals surface area (Å²) >= 11 is 0. The standard InChI is InChI=1S/C30H39N3O4/c1-3-4-6-21-8-10-23(11-9-21)30(36)33-20-5-7-27(33)29(35)32-25-16-14-24(15-17-25)31-28(34)22-12-18-26(37-2)19-13-22/h8-13,18-19,24-25,27H,3-7,14-17,20H2,1-2H3,(H,31,34)(H,32,35)/t24?,25?,27-/m1/s1. The molecule has 0 radical (unpaired) electrons. The van der Waals surface area contributed by atoms with Crippen LogP contribution < -0.4 is 15.4 Å². The van der Waals surface area contributed by atoms with Crippen molar-refractivity contribution >= 4 is 17.7 Å². The Morgan fingerprint density at radius 1 is 0.865 bits per heavy atom. The van der Waals surface area contributed by atoms with E-state index in [2.05, 4.69) is 17.6 Å². The zero-order valence-corrected chi connectivity index (χ0v) is 22.0. The molecule has 37 heavy (non-hydrogen) atoms. The number of carbonyl (C=O) groups excluding carboxylic acids is 3. The first kappa shape index (κ1) is 26.7. The normalized spacial score (nSPS) is 21.4. The number of hydrogen-bond acceptors (Lipinski definition) is 4. The first-order valence-electron chi connectivity index (χ1n) is 13.6. The molecule has 2 aromatic rings. The highest BCUT2D eigenvalue weighted by Crippen LogP contribution is 2.24. The van der Waals surface area contributed by atoms with Crippen molar-refractivity contribution in [3.63, 3.8) is 0 Å². The van der Waals surface area contributed by atoms with Crippen LogP contribution in [0.2, 0.25) is 0 Å². The molecular weight excluding hydrogens is 466 g/mol. The number of benzene rings is 2. The first-order chi connectivity index (χ1) is 18.0. The highest BCUT2D eigenvalue weighted by molar-refractivity contribution is 5.98. The van der Waals surface area contributed by atoms with Gasteiger partial charge >= 0.3 is 0 Å². The number of unbranched alkanes of at least 4 members (excludes halogenated alkanes) is 1. The zero-order valence-electron chi connectivity index (χ0n) is 22.0. The topological polar surface area (TPSA) is 87.7 Å². The number of hydrogen-bond donors (Lipinski definition) is 2. The van der Waals surface area contributed by atoms with E-state index < -0.39 is 6.04 Å². The molecule has 0 bridgehead atoms. The fourth-order valence-electron chi connectivity index (χ4n) is 5.33. The van der Waals surface area contributed by atoms with Crippen LogP contribution in [-0.2, 0) is 11.2 Å². The number of nitrogens with one attached hydrogen (secondary N) is 2. The van der Waals surface area contributed by atoms with E-state index in [-0.39, 0.29) is 29.8 Å². The number of nitrogens with zero attached hydrogens (tertiary/aromatic N) is 1. The van der Waals surface area contributed by atoms with Gasteiger partial charge in [-0.3, -0.25) is 14.4 Å². The molecule has 0 aromatic heterocycles. The Balaban J connectivity index is 1.25. The molecule has 1 atom stereocenters. The number of likely N-dealkylation sites (tertiary alicyclic amines) is 1. The Labute approximate surface area is 220 Å². The molecular formula is C30H39N3O4. The van der Waals surface area contributed by atoms with Crippen molar-refractivity contribution in [1.29, 1.82) is 0 Å². The van der Waals surface area contributed by atoms with Crippen molar-refractivity contribution in [3.05, 3.63) is 65.2 Å². The average molecular weight is 506 g/mol. The van der Waals surface area contributed by atoms with Gasteiger partial charge in [-0.1, -0.05) is 25.5 Å². The van der Waals surface area contributed by atoms with Gasteiger partial charge in [-0.05, 0) is 93.3 Å². The van der Waals surface area contributed by atoms with Crippen molar-refractivity contribution in [2.24, 2.45) is 0 Å². The van der Waals surface area contributed by atoms with Crippen LogP contribution in [-0.4, -0.2) is 54.4 Å². The van der Waals surface area contributed by atoms with Gasteiger partial charge in [0.05, 0.1) is 7.11 Å². The van der Waals surface area contributed by atoms with Gasteiger partial charge in [-0.15, -0.1) is 0 Å². The first-order valence-corrected chi connectivity index (χ1v) is 13.6. The molecule has 1 aliphatic carbocycles. The van der Waals surface area contributed by atoms with Gasteiger partial charge in [0.1, 0.15) is 11.8 Å². The Morgan fingerprint density at radius 2 is 1.49 bits per heavy atom. The third-order valence-corrected chi connectivity index (χ3v) is 7.60. The van der Waals surface area contributed by atoms with Gasteiger partial charge in [-0.25, -0.2) is 0 Å². The summed E-state index contributed by atoms with van der Waals surface area (Å²) in [5, 5.41) is 6.30. The number of aryl methyl sites for hydroxylation is 1. The second-order valence-corrected chi connectivity index (χ2v) is 10.2. The molecule has 7 heteroatoms. The lowest BCUT2D eigenvalue weighted by Crippen LogP contribution is -2.50. The Hall–Kier alpha value is -3.35. The molecule has 1 saturated carbocycles. The van der Waals surface area contributed by atoms with E-state index >= 15 is 0 Å². The van der Waals surface area contributed by atoms with Crippen LogP contribution in [0.4, 0.5) is 0 Å². The maximum Gasteiger partial charge on any atom is 0.254 e. The monoisotopic (exact) mass is 505 g/mol. The minimum Gasteiger partial charge on any atom is -0.497 e. The minimum atomic E-state index is -0.417. The second kappa shape index (κ2) is 12.7. The third kappa shape index (κ3) is 6.90. The molecule has 1 aliphatic heterocycles. The highest BCUT2D eigenvalue weighted by Gasteiger charge is 2.36. The lowest BCUT2D eigenvalue weighted by molar-refractivity contribution is -0.125. The van der Waals surface area contributed by atoms with Crippen LogP contribution in [0.5, 0.6) is 5.75 Å². The molecule has 2 fully saturated rings. The lowest BCUT2D eigenvalue weighted by atomic mass is 9.90. The molecule has 2 N–H and O–H groups in total. The van der Waals surface area contributed by atoms with Gasteiger partial charge in [0.2, 0.25) is 5.91 Å². The van der Waals surface area contributed by atoms with Gasteiger partial charge in [0, 0.05) is 29.8 Å². The fourth-order valence-corrected chi connectivity index (χ4v) is 5.33. The average Bonchev–Trinajstić information content (AvgIpc) is 3.43. The summed E-state index contributed by atoms with van der Waals surface area (Å²) < 4.78 is 5.15. The predicted molar refractivity (Wildman–Crippen MR) is 144 cm³/mol. The molecule has 198 valence electrons. The van der Waals surface area contributed by atoms with Gasteiger partial charge in [0.25, 0.3) is 11.8 Å². The number of amides is 3. The molecule has 2 aromatic carbocycles. The van der Waals surface area contributed by atoms with Crippen molar-refractivity contribution in [1.82, 2.24) is 15.5 Å². The Bertz CT molecular complexity index is 1060. The number of methoxy groups -OCH3 is 1. The van der Waals surface area contributed by atoms with E-state index in [1.165, 1.54) is 5.56 Å². The number of carbonyl (C=O) groups is 3. The van der Waals surface area contributed by atoms with Crippen molar-refractivity contribution < 1.29 is 19.1 Å². The van der Waals surface area contributed by atoms with E-state index in [9.17, 15) is 14.4 Å². The molecule has 1 saturated heterocycles. The number of rotatable bonds is 9. The maximum absolute atomic E-state index is 13.2. The van der Waals surface area contributed by atoms with Crippen LogP contribution in [0.3, 0.4) is 0 Å². The summed E-state index contributed by atoms with van der Waals surface area (Å²) in [5.41, 5.74) is 2.50. The maximum atomic E-state index is 13.2. The molecule has 1 heterocycles. The van der Waals surface area contributed by atoms with Crippen LogP contribution in [0.15, 0.2) is 48.5 Å². The molecule has 0 unspecified atom stereocenters. The third-order valence-electron chi connectivity index (χ3n) is 7.60. The molecule has 7 nitrogen and oxygen atoms in total. The number of ether oxygens (including phenoxy) is 1. The van der Waals surface area contributed by atoms with E-state index in [0.29, 0.717) is 24.1 Å². The Kier molecular flexibility index (Phi) is 9.20. The second-order valence-electron chi connectivity index (χ2n) is 10.2. The predicted octanol–water partition coefficient (Wildman–Crippen LogP) is 4.50. The van der Waals surface area contributed by atoms with Crippen molar-refractivity contribution in [2.75, 3.05) is 13.7 Å². The van der Waals surface area contributed by atoms with Crippen LogP contribution in [0, 0.1) is 0 Å². The van der Waals surface area contributed by atoms with Crippen LogP contribution in [0.1, 0.15) is 84.6 Å². The van der Waals surface area contributed by atoms with E-state index in [4.69, 9.17) is 4.74 Å². The lowest BCUT2D eigenvalue weighted by Gasteiger charge is -2.31.